The van der Waals surface area contributed by atoms with Crippen molar-refractivity contribution >= 4 is 38.9 Å². The maximum atomic E-state index is 6.14. The van der Waals surface area contributed by atoms with Crippen molar-refractivity contribution in [3.05, 3.63) is 19.8 Å². The van der Waals surface area contributed by atoms with Crippen molar-refractivity contribution in [2.45, 2.75) is 50.7 Å². The van der Waals surface area contributed by atoms with Gasteiger partial charge in [0.15, 0.2) is 0 Å². The molecule has 0 aromatic carbocycles. The minimum absolute atomic E-state index is 0.688. The molecule has 0 bridgehead atoms. The third-order valence-corrected chi connectivity index (χ3v) is 6.45. The molecule has 1 N–H and O–H groups in total. The number of nitrogens with zero attached hydrogens (tertiary/aromatic N) is 1. The molecule has 1 saturated heterocycles. The van der Waals surface area contributed by atoms with Gasteiger partial charge < -0.3 is 5.32 Å². The average molecular weight is 364 g/mol. The highest BCUT2D eigenvalue weighted by Crippen LogP contribution is 2.35. The summed E-state index contributed by atoms with van der Waals surface area (Å²) >= 11 is 11.4. The van der Waals surface area contributed by atoms with E-state index in [4.69, 9.17) is 11.6 Å². The van der Waals surface area contributed by atoms with Crippen molar-refractivity contribution in [3.63, 3.8) is 0 Å². The fourth-order valence-electron chi connectivity index (χ4n) is 2.81. The molecule has 1 aromatic rings. The van der Waals surface area contributed by atoms with E-state index in [1.165, 1.54) is 50.1 Å². The average Bonchev–Trinajstić information content (AvgIpc) is 3.18. The first-order valence-electron chi connectivity index (χ1n) is 7.13. The van der Waals surface area contributed by atoms with E-state index in [2.05, 4.69) is 32.2 Å². The number of thiophene rings is 1. The Bertz CT molecular complexity index is 408. The molecule has 1 saturated carbocycles. The predicted octanol–water partition coefficient (Wildman–Crippen LogP) is 4.27. The number of hydrogen-bond acceptors (Lipinski definition) is 3. The predicted molar refractivity (Wildman–Crippen MR) is 86.1 cm³/mol. The maximum Gasteiger partial charge on any atom is 0.107 e. The molecule has 0 amide bonds. The van der Waals surface area contributed by atoms with Gasteiger partial charge in [0.05, 0.1) is 0 Å². The number of piperidine rings is 1. The van der Waals surface area contributed by atoms with Crippen LogP contribution in [0.3, 0.4) is 0 Å². The first kappa shape index (κ1) is 14.3. The van der Waals surface area contributed by atoms with Crippen LogP contribution in [0.2, 0.25) is 4.34 Å². The lowest BCUT2D eigenvalue weighted by atomic mass is 10.0. The third kappa shape index (κ3) is 3.94. The van der Waals surface area contributed by atoms with Crippen LogP contribution in [0.4, 0.5) is 0 Å². The van der Waals surface area contributed by atoms with Gasteiger partial charge in [-0.25, -0.2) is 0 Å². The summed E-state index contributed by atoms with van der Waals surface area (Å²) in [5.74, 6) is 0. The van der Waals surface area contributed by atoms with Gasteiger partial charge in [0.2, 0.25) is 0 Å². The summed E-state index contributed by atoms with van der Waals surface area (Å²) in [4.78, 5) is 4.03. The van der Waals surface area contributed by atoms with Gasteiger partial charge >= 0.3 is 0 Å². The van der Waals surface area contributed by atoms with Crippen LogP contribution in [0.25, 0.3) is 0 Å². The molecular formula is C14H20BrClN2S. The molecular weight excluding hydrogens is 344 g/mol. The van der Waals surface area contributed by atoms with E-state index in [1.807, 2.05) is 0 Å². The van der Waals surface area contributed by atoms with Gasteiger partial charge in [-0.15, -0.1) is 11.3 Å². The summed E-state index contributed by atoms with van der Waals surface area (Å²) in [7, 11) is 0. The van der Waals surface area contributed by atoms with Crippen LogP contribution in [0.5, 0.6) is 0 Å². The summed E-state index contributed by atoms with van der Waals surface area (Å²) in [6, 6.07) is 3.67. The highest BCUT2D eigenvalue weighted by atomic mass is 79.9. The standard InChI is InChI=1S/C14H20BrClN2S/c15-13-7-12(19-14(13)16)9-18(11-4-5-11)8-10-3-1-2-6-17-10/h7,10-11,17H,1-6,8-9H2. The van der Waals surface area contributed by atoms with Gasteiger partial charge in [-0.2, -0.15) is 0 Å². The number of halogens is 2. The van der Waals surface area contributed by atoms with Crippen molar-refractivity contribution < 1.29 is 0 Å². The van der Waals surface area contributed by atoms with Gasteiger partial charge in [-0.1, -0.05) is 18.0 Å². The quantitative estimate of drug-likeness (QED) is 0.840. The van der Waals surface area contributed by atoms with Crippen molar-refractivity contribution in [2.75, 3.05) is 13.1 Å². The summed E-state index contributed by atoms with van der Waals surface area (Å²) in [6.45, 7) is 3.44. The molecule has 0 spiro atoms. The minimum Gasteiger partial charge on any atom is -0.313 e. The van der Waals surface area contributed by atoms with Crippen molar-refractivity contribution in [1.82, 2.24) is 10.2 Å². The SMILES string of the molecule is Clc1sc(CN(CC2CCCCN2)C2CC2)cc1Br. The van der Waals surface area contributed by atoms with E-state index in [-0.39, 0.29) is 0 Å². The Morgan fingerprint density at radius 2 is 2.21 bits per heavy atom. The molecule has 0 radical (unpaired) electrons. The van der Waals surface area contributed by atoms with Crippen molar-refractivity contribution in [1.29, 1.82) is 0 Å². The smallest absolute Gasteiger partial charge is 0.107 e. The number of hydrogen-bond donors (Lipinski definition) is 1. The van der Waals surface area contributed by atoms with E-state index in [1.54, 1.807) is 11.3 Å². The second kappa shape index (κ2) is 6.44. The normalized spacial score (nSPS) is 24.1. The first-order chi connectivity index (χ1) is 9.22. The fourth-order valence-corrected chi connectivity index (χ4v) is 4.63. The van der Waals surface area contributed by atoms with E-state index < -0.39 is 0 Å². The highest BCUT2D eigenvalue weighted by Gasteiger charge is 2.31. The molecule has 1 atom stereocenters. The second-order valence-electron chi connectivity index (χ2n) is 5.64. The molecule has 1 aliphatic heterocycles. The molecule has 3 rings (SSSR count). The third-order valence-electron chi connectivity index (χ3n) is 3.99. The Morgan fingerprint density at radius 3 is 2.79 bits per heavy atom. The summed E-state index contributed by atoms with van der Waals surface area (Å²) in [5, 5.41) is 3.66. The van der Waals surface area contributed by atoms with Crippen LogP contribution in [0.15, 0.2) is 10.5 Å². The zero-order valence-electron chi connectivity index (χ0n) is 11.0. The molecule has 5 heteroatoms. The van der Waals surface area contributed by atoms with E-state index in [0.29, 0.717) is 6.04 Å². The Balaban J connectivity index is 1.60. The Morgan fingerprint density at radius 1 is 1.37 bits per heavy atom. The maximum absolute atomic E-state index is 6.14. The van der Waals surface area contributed by atoms with E-state index >= 15 is 0 Å². The molecule has 2 aliphatic rings. The van der Waals surface area contributed by atoms with Crippen LogP contribution in [0, 0.1) is 0 Å². The lowest BCUT2D eigenvalue weighted by Gasteiger charge is -2.30. The lowest BCUT2D eigenvalue weighted by Crippen LogP contribution is -2.44. The topological polar surface area (TPSA) is 15.3 Å². The van der Waals surface area contributed by atoms with Crippen LogP contribution in [-0.2, 0) is 6.54 Å². The fraction of sp³-hybridized carbons (Fsp3) is 0.714. The van der Waals surface area contributed by atoms with Gasteiger partial charge in [-0.05, 0) is 54.2 Å². The second-order valence-corrected chi connectivity index (χ2v) is 8.23. The molecule has 1 aliphatic carbocycles. The van der Waals surface area contributed by atoms with E-state index in [0.717, 1.165) is 21.4 Å². The number of nitrogens with one attached hydrogen (secondary N) is 1. The van der Waals surface area contributed by atoms with Gasteiger partial charge in [-0.3, -0.25) is 4.90 Å². The van der Waals surface area contributed by atoms with Crippen LogP contribution in [0.1, 0.15) is 37.0 Å². The molecule has 106 valence electrons. The van der Waals surface area contributed by atoms with Crippen molar-refractivity contribution in [2.24, 2.45) is 0 Å². The summed E-state index contributed by atoms with van der Waals surface area (Å²) < 4.78 is 1.92. The van der Waals surface area contributed by atoms with Gasteiger partial charge in [0.25, 0.3) is 0 Å². The molecule has 19 heavy (non-hydrogen) atoms. The Hall–Kier alpha value is 0.390. The first-order valence-corrected chi connectivity index (χ1v) is 9.12. The van der Waals surface area contributed by atoms with Gasteiger partial charge in [0, 0.05) is 34.5 Å². The van der Waals surface area contributed by atoms with Crippen molar-refractivity contribution in [3.8, 4) is 0 Å². The zero-order valence-corrected chi connectivity index (χ0v) is 14.2. The van der Waals surface area contributed by atoms with Crippen LogP contribution < -0.4 is 5.32 Å². The molecule has 1 unspecified atom stereocenters. The Labute approximate surface area is 132 Å². The number of rotatable bonds is 5. The monoisotopic (exact) mass is 362 g/mol. The van der Waals surface area contributed by atoms with E-state index in [9.17, 15) is 0 Å². The summed E-state index contributed by atoms with van der Waals surface area (Å²) in [5.41, 5.74) is 0. The highest BCUT2D eigenvalue weighted by molar-refractivity contribution is 9.10. The summed E-state index contributed by atoms with van der Waals surface area (Å²) in [6.07, 6.45) is 6.79. The lowest BCUT2D eigenvalue weighted by molar-refractivity contribution is 0.210. The molecule has 2 nitrogen and oxygen atoms in total. The van der Waals surface area contributed by atoms with Crippen LogP contribution >= 0.6 is 38.9 Å². The molecule has 2 fully saturated rings. The Kier molecular flexibility index (Phi) is 4.86. The van der Waals surface area contributed by atoms with Crippen LogP contribution in [-0.4, -0.2) is 30.1 Å². The molecule has 2 heterocycles. The molecule has 1 aromatic heterocycles. The largest absolute Gasteiger partial charge is 0.313 e. The zero-order chi connectivity index (χ0) is 13.2. The minimum atomic E-state index is 0.688. The van der Waals surface area contributed by atoms with Gasteiger partial charge in [0.1, 0.15) is 4.34 Å².